The van der Waals surface area contributed by atoms with Gasteiger partial charge < -0.3 is 10.2 Å². The van der Waals surface area contributed by atoms with Gasteiger partial charge >= 0.3 is 0 Å². The second kappa shape index (κ2) is 8.53. The van der Waals surface area contributed by atoms with Gasteiger partial charge in [-0.3, -0.25) is 0 Å². The molecular formula is C19H38N2. The molecule has 0 aromatic carbocycles. The average Bonchev–Trinajstić information content (AvgIpc) is 2.64. The van der Waals surface area contributed by atoms with E-state index in [0.29, 0.717) is 5.41 Å². The van der Waals surface area contributed by atoms with Crippen LogP contribution in [0, 0.1) is 17.3 Å². The molecule has 2 heteroatoms. The molecule has 0 aromatic rings. The largest absolute Gasteiger partial charge is 0.316 e. The zero-order chi connectivity index (χ0) is 15.1. The Hall–Kier alpha value is -0.0800. The molecule has 1 atom stereocenters. The molecule has 21 heavy (non-hydrogen) atoms. The Morgan fingerprint density at radius 2 is 1.81 bits per heavy atom. The van der Waals surface area contributed by atoms with Crippen LogP contribution in [0.3, 0.4) is 0 Å². The van der Waals surface area contributed by atoms with Crippen LogP contribution in [0.25, 0.3) is 0 Å². The van der Waals surface area contributed by atoms with Crippen molar-refractivity contribution >= 4 is 0 Å². The van der Waals surface area contributed by atoms with Crippen LogP contribution < -0.4 is 5.32 Å². The fraction of sp³-hybridized carbons (Fsp3) is 1.00. The quantitative estimate of drug-likeness (QED) is 0.735. The topological polar surface area (TPSA) is 15.3 Å². The van der Waals surface area contributed by atoms with Crippen LogP contribution in [-0.2, 0) is 0 Å². The van der Waals surface area contributed by atoms with Gasteiger partial charge in [-0.15, -0.1) is 0 Å². The lowest BCUT2D eigenvalue weighted by molar-refractivity contribution is 0.0922. The Morgan fingerprint density at radius 3 is 2.43 bits per heavy atom. The van der Waals surface area contributed by atoms with Gasteiger partial charge in [0.15, 0.2) is 0 Å². The molecule has 1 heterocycles. The summed E-state index contributed by atoms with van der Waals surface area (Å²) in [7, 11) is 0. The standard InChI is InChI=1S/C19H38N2/c1-17(2)13-20-15-19(10-6-4-5-7-11-19)16-21-12-8-9-18(3)14-21/h17-18,20H,4-16H2,1-3H3. The highest BCUT2D eigenvalue weighted by atomic mass is 15.1. The summed E-state index contributed by atoms with van der Waals surface area (Å²) in [6.07, 6.45) is 11.6. The Morgan fingerprint density at radius 1 is 1.10 bits per heavy atom. The van der Waals surface area contributed by atoms with Crippen LogP contribution in [0.2, 0.25) is 0 Å². The van der Waals surface area contributed by atoms with Gasteiger partial charge in [0.05, 0.1) is 0 Å². The number of hydrogen-bond donors (Lipinski definition) is 1. The minimum Gasteiger partial charge on any atom is -0.316 e. The van der Waals surface area contributed by atoms with Crippen molar-refractivity contribution in [1.82, 2.24) is 10.2 Å². The fourth-order valence-corrected chi connectivity index (χ4v) is 4.40. The Labute approximate surface area is 133 Å². The zero-order valence-electron chi connectivity index (χ0n) is 14.8. The molecular weight excluding hydrogens is 256 g/mol. The maximum Gasteiger partial charge on any atom is 0.00503 e. The monoisotopic (exact) mass is 294 g/mol. The van der Waals surface area contributed by atoms with Crippen molar-refractivity contribution in [1.29, 1.82) is 0 Å². The van der Waals surface area contributed by atoms with Crippen LogP contribution in [0.5, 0.6) is 0 Å². The Kier molecular flexibility index (Phi) is 7.01. The second-order valence-corrected chi connectivity index (χ2v) is 8.42. The number of likely N-dealkylation sites (tertiary alicyclic amines) is 1. The summed E-state index contributed by atoms with van der Waals surface area (Å²) < 4.78 is 0. The van der Waals surface area contributed by atoms with Gasteiger partial charge in [-0.1, -0.05) is 46.5 Å². The number of nitrogens with zero attached hydrogens (tertiary/aromatic N) is 1. The first-order valence-corrected chi connectivity index (χ1v) is 9.53. The van der Waals surface area contributed by atoms with E-state index in [9.17, 15) is 0 Å². The first-order chi connectivity index (χ1) is 10.1. The van der Waals surface area contributed by atoms with E-state index in [1.165, 1.54) is 84.1 Å². The number of piperidine rings is 1. The van der Waals surface area contributed by atoms with Crippen LogP contribution in [-0.4, -0.2) is 37.6 Å². The molecule has 2 fully saturated rings. The van der Waals surface area contributed by atoms with Gasteiger partial charge in [-0.25, -0.2) is 0 Å². The Balaban J connectivity index is 1.93. The molecule has 1 aliphatic heterocycles. The van der Waals surface area contributed by atoms with E-state index in [1.807, 2.05) is 0 Å². The van der Waals surface area contributed by atoms with E-state index in [4.69, 9.17) is 0 Å². The van der Waals surface area contributed by atoms with Gasteiger partial charge in [-0.2, -0.15) is 0 Å². The molecule has 1 aliphatic carbocycles. The molecule has 1 saturated heterocycles. The SMILES string of the molecule is CC(C)CNCC1(CN2CCCC(C)C2)CCCCCC1. The third-order valence-electron chi connectivity index (χ3n) is 5.52. The maximum absolute atomic E-state index is 3.80. The van der Waals surface area contributed by atoms with Gasteiger partial charge in [-0.05, 0) is 56.0 Å². The lowest BCUT2D eigenvalue weighted by Gasteiger charge is -2.41. The molecule has 2 aliphatic rings. The van der Waals surface area contributed by atoms with Gasteiger partial charge in [0.1, 0.15) is 0 Å². The predicted octanol–water partition coefficient (Wildman–Crippen LogP) is 4.30. The molecule has 0 radical (unpaired) electrons. The highest BCUT2D eigenvalue weighted by Gasteiger charge is 2.33. The summed E-state index contributed by atoms with van der Waals surface area (Å²) in [6.45, 7) is 13.5. The van der Waals surface area contributed by atoms with E-state index in [1.54, 1.807) is 0 Å². The van der Waals surface area contributed by atoms with Crippen LogP contribution >= 0.6 is 0 Å². The molecule has 1 N–H and O–H groups in total. The molecule has 0 spiro atoms. The first-order valence-electron chi connectivity index (χ1n) is 9.53. The van der Waals surface area contributed by atoms with Crippen LogP contribution in [0.1, 0.15) is 72.1 Å². The number of rotatable bonds is 6. The molecule has 0 bridgehead atoms. The lowest BCUT2D eigenvalue weighted by atomic mass is 9.79. The van der Waals surface area contributed by atoms with Crippen molar-refractivity contribution in [2.24, 2.45) is 17.3 Å². The fourth-order valence-electron chi connectivity index (χ4n) is 4.40. The van der Waals surface area contributed by atoms with Crippen molar-refractivity contribution < 1.29 is 0 Å². The highest BCUT2D eigenvalue weighted by molar-refractivity contribution is 4.88. The number of nitrogens with one attached hydrogen (secondary N) is 1. The molecule has 2 nitrogen and oxygen atoms in total. The third-order valence-corrected chi connectivity index (χ3v) is 5.52. The van der Waals surface area contributed by atoms with Crippen molar-refractivity contribution in [3.8, 4) is 0 Å². The second-order valence-electron chi connectivity index (χ2n) is 8.42. The van der Waals surface area contributed by atoms with E-state index in [-0.39, 0.29) is 0 Å². The molecule has 2 rings (SSSR count). The summed E-state index contributed by atoms with van der Waals surface area (Å²) in [4.78, 5) is 2.79. The van der Waals surface area contributed by atoms with E-state index in [0.717, 1.165) is 11.8 Å². The molecule has 0 amide bonds. The third kappa shape index (κ3) is 5.90. The molecule has 124 valence electrons. The summed E-state index contributed by atoms with van der Waals surface area (Å²) in [5, 5.41) is 3.80. The lowest BCUT2D eigenvalue weighted by Crippen LogP contribution is -2.47. The van der Waals surface area contributed by atoms with E-state index in [2.05, 4.69) is 31.0 Å². The Bertz CT molecular complexity index is 279. The van der Waals surface area contributed by atoms with Crippen molar-refractivity contribution in [2.45, 2.75) is 72.1 Å². The smallest absolute Gasteiger partial charge is 0.00503 e. The first kappa shape index (κ1) is 17.3. The minimum absolute atomic E-state index is 0.558. The molecule has 0 aromatic heterocycles. The summed E-state index contributed by atoms with van der Waals surface area (Å²) in [5.74, 6) is 1.67. The zero-order valence-corrected chi connectivity index (χ0v) is 14.8. The van der Waals surface area contributed by atoms with Crippen molar-refractivity contribution in [3.05, 3.63) is 0 Å². The number of hydrogen-bond acceptors (Lipinski definition) is 2. The summed E-state index contributed by atoms with van der Waals surface area (Å²) >= 11 is 0. The van der Waals surface area contributed by atoms with Crippen molar-refractivity contribution in [3.63, 3.8) is 0 Å². The summed E-state index contributed by atoms with van der Waals surface area (Å²) in [6, 6.07) is 0. The van der Waals surface area contributed by atoms with Crippen LogP contribution in [0.15, 0.2) is 0 Å². The average molecular weight is 295 g/mol. The summed E-state index contributed by atoms with van der Waals surface area (Å²) in [5.41, 5.74) is 0.558. The van der Waals surface area contributed by atoms with Gasteiger partial charge in [0.25, 0.3) is 0 Å². The van der Waals surface area contributed by atoms with Gasteiger partial charge in [0.2, 0.25) is 0 Å². The minimum atomic E-state index is 0.558. The normalized spacial score (nSPS) is 27.7. The highest BCUT2D eigenvalue weighted by Crippen LogP contribution is 2.36. The molecule has 1 unspecified atom stereocenters. The van der Waals surface area contributed by atoms with Crippen molar-refractivity contribution in [2.75, 3.05) is 32.7 Å². The van der Waals surface area contributed by atoms with E-state index >= 15 is 0 Å². The van der Waals surface area contributed by atoms with E-state index < -0.39 is 0 Å². The predicted molar refractivity (Wildman–Crippen MR) is 92.7 cm³/mol. The van der Waals surface area contributed by atoms with Gasteiger partial charge in [0, 0.05) is 19.6 Å². The van der Waals surface area contributed by atoms with Crippen LogP contribution in [0.4, 0.5) is 0 Å². The maximum atomic E-state index is 3.80. The molecule has 1 saturated carbocycles.